The highest BCUT2D eigenvalue weighted by atomic mass is 14.9. The molecule has 1 heterocycles. The third-order valence-corrected chi connectivity index (χ3v) is 2.88. The molecule has 1 N–H and O–H groups in total. The monoisotopic (exact) mass is 188 g/mol. The fourth-order valence-electron chi connectivity index (χ4n) is 1.99. The van der Waals surface area contributed by atoms with Gasteiger partial charge in [-0.2, -0.15) is 0 Å². The van der Waals surface area contributed by atoms with Crippen molar-refractivity contribution in [2.45, 2.75) is 25.7 Å². The molecular weight excluding hydrogens is 172 g/mol. The Balaban J connectivity index is 1.90. The smallest absolute Gasteiger partial charge is 0.0921 e. The van der Waals surface area contributed by atoms with E-state index in [2.05, 4.69) is 22.6 Å². The molecule has 0 aliphatic heterocycles. The molecule has 1 aromatic rings. The van der Waals surface area contributed by atoms with E-state index in [4.69, 9.17) is 0 Å². The highest BCUT2D eigenvalue weighted by molar-refractivity contribution is 5.18. The summed E-state index contributed by atoms with van der Waals surface area (Å²) in [6.07, 6.45) is 12.7. The zero-order valence-corrected chi connectivity index (χ0v) is 8.37. The van der Waals surface area contributed by atoms with Crippen LogP contribution in [-0.2, 0) is 6.42 Å². The second kappa shape index (κ2) is 4.27. The van der Waals surface area contributed by atoms with Crippen LogP contribution in [0.15, 0.2) is 36.8 Å². The van der Waals surface area contributed by atoms with Gasteiger partial charge in [-0.15, -0.1) is 0 Å². The Bertz CT molecular complexity index is 322. The van der Waals surface area contributed by atoms with Crippen LogP contribution in [0.4, 0.5) is 0 Å². The highest BCUT2D eigenvalue weighted by Crippen LogP contribution is 2.26. The SMILES string of the molecule is C=CC1=CCC(Cc2cnc[nH]2)CC1. The van der Waals surface area contributed by atoms with E-state index >= 15 is 0 Å². The maximum absolute atomic E-state index is 4.03. The van der Waals surface area contributed by atoms with Crippen LogP contribution < -0.4 is 0 Å². The van der Waals surface area contributed by atoms with Gasteiger partial charge in [0.1, 0.15) is 0 Å². The minimum absolute atomic E-state index is 0.777. The lowest BCUT2D eigenvalue weighted by Crippen LogP contribution is -2.08. The number of imidazole rings is 1. The summed E-state index contributed by atoms with van der Waals surface area (Å²) < 4.78 is 0. The zero-order valence-electron chi connectivity index (χ0n) is 8.37. The van der Waals surface area contributed by atoms with Crippen molar-refractivity contribution in [3.05, 3.63) is 42.5 Å². The van der Waals surface area contributed by atoms with Gasteiger partial charge in [-0.1, -0.05) is 24.3 Å². The predicted octanol–water partition coefficient (Wildman–Crippen LogP) is 2.86. The fraction of sp³-hybridized carbons (Fsp3) is 0.417. The lowest BCUT2D eigenvalue weighted by molar-refractivity contribution is 0.467. The minimum Gasteiger partial charge on any atom is -0.348 e. The van der Waals surface area contributed by atoms with Gasteiger partial charge in [-0.3, -0.25) is 0 Å². The normalized spacial score (nSPS) is 21.7. The molecule has 0 amide bonds. The lowest BCUT2D eigenvalue weighted by Gasteiger charge is -2.19. The second-order valence-corrected chi connectivity index (χ2v) is 3.90. The van der Waals surface area contributed by atoms with Crippen LogP contribution in [0.1, 0.15) is 25.0 Å². The summed E-state index contributed by atoms with van der Waals surface area (Å²) in [5, 5.41) is 0. The summed E-state index contributed by atoms with van der Waals surface area (Å²) in [5.74, 6) is 0.777. The number of rotatable bonds is 3. The topological polar surface area (TPSA) is 28.7 Å². The fourth-order valence-corrected chi connectivity index (χ4v) is 1.99. The molecule has 1 aromatic heterocycles. The zero-order chi connectivity index (χ0) is 9.80. The average Bonchev–Trinajstić information content (AvgIpc) is 2.72. The van der Waals surface area contributed by atoms with Gasteiger partial charge in [0.15, 0.2) is 0 Å². The number of hydrogen-bond donors (Lipinski definition) is 1. The Morgan fingerprint density at radius 2 is 2.57 bits per heavy atom. The van der Waals surface area contributed by atoms with Crippen molar-refractivity contribution in [3.63, 3.8) is 0 Å². The first kappa shape index (κ1) is 9.25. The standard InChI is InChI=1S/C12H16N2/c1-2-10-3-5-11(6-4-10)7-12-8-13-9-14-12/h2-3,8-9,11H,1,4-7H2,(H,13,14). The van der Waals surface area contributed by atoms with E-state index in [0.717, 1.165) is 12.3 Å². The maximum atomic E-state index is 4.03. The van der Waals surface area contributed by atoms with Gasteiger partial charge >= 0.3 is 0 Å². The van der Waals surface area contributed by atoms with Crippen molar-refractivity contribution in [1.82, 2.24) is 9.97 Å². The Morgan fingerprint density at radius 3 is 3.14 bits per heavy atom. The molecule has 14 heavy (non-hydrogen) atoms. The Morgan fingerprint density at radius 1 is 1.64 bits per heavy atom. The van der Waals surface area contributed by atoms with E-state index in [0.29, 0.717) is 0 Å². The van der Waals surface area contributed by atoms with Gasteiger partial charge in [0.2, 0.25) is 0 Å². The number of nitrogens with zero attached hydrogens (tertiary/aromatic N) is 1. The van der Waals surface area contributed by atoms with Crippen molar-refractivity contribution < 1.29 is 0 Å². The molecule has 74 valence electrons. The van der Waals surface area contributed by atoms with Crippen molar-refractivity contribution >= 4 is 0 Å². The minimum atomic E-state index is 0.777. The molecule has 0 fully saturated rings. The van der Waals surface area contributed by atoms with Gasteiger partial charge in [-0.05, 0) is 31.6 Å². The summed E-state index contributed by atoms with van der Waals surface area (Å²) in [6.45, 7) is 3.80. The number of hydrogen-bond acceptors (Lipinski definition) is 1. The van der Waals surface area contributed by atoms with Crippen LogP contribution >= 0.6 is 0 Å². The summed E-state index contributed by atoms with van der Waals surface area (Å²) in [5.41, 5.74) is 2.66. The van der Waals surface area contributed by atoms with Crippen LogP contribution in [0, 0.1) is 5.92 Å². The van der Waals surface area contributed by atoms with Gasteiger partial charge < -0.3 is 4.98 Å². The molecule has 2 heteroatoms. The molecule has 0 spiro atoms. The van der Waals surface area contributed by atoms with Crippen LogP contribution in [0.2, 0.25) is 0 Å². The summed E-state index contributed by atoms with van der Waals surface area (Å²) in [4.78, 5) is 7.19. The van der Waals surface area contributed by atoms with Crippen LogP contribution in [-0.4, -0.2) is 9.97 Å². The van der Waals surface area contributed by atoms with Crippen LogP contribution in [0.5, 0.6) is 0 Å². The van der Waals surface area contributed by atoms with Gasteiger partial charge in [0.25, 0.3) is 0 Å². The maximum Gasteiger partial charge on any atom is 0.0921 e. The van der Waals surface area contributed by atoms with E-state index in [1.165, 1.54) is 30.5 Å². The Kier molecular flexibility index (Phi) is 2.82. The van der Waals surface area contributed by atoms with E-state index in [9.17, 15) is 0 Å². The van der Waals surface area contributed by atoms with Crippen LogP contribution in [0.25, 0.3) is 0 Å². The molecule has 0 aromatic carbocycles. The summed E-state index contributed by atoms with van der Waals surface area (Å²) in [6, 6.07) is 0. The summed E-state index contributed by atoms with van der Waals surface area (Å²) in [7, 11) is 0. The highest BCUT2D eigenvalue weighted by Gasteiger charge is 2.13. The third-order valence-electron chi connectivity index (χ3n) is 2.88. The van der Waals surface area contributed by atoms with Crippen molar-refractivity contribution in [2.24, 2.45) is 5.92 Å². The molecule has 0 saturated carbocycles. The molecule has 2 rings (SSSR count). The van der Waals surface area contributed by atoms with Gasteiger partial charge in [-0.25, -0.2) is 4.98 Å². The second-order valence-electron chi connectivity index (χ2n) is 3.90. The molecule has 0 bridgehead atoms. The first-order valence-corrected chi connectivity index (χ1v) is 5.17. The Labute approximate surface area is 84.8 Å². The van der Waals surface area contributed by atoms with Crippen molar-refractivity contribution in [3.8, 4) is 0 Å². The molecular formula is C12H16N2. The molecule has 2 nitrogen and oxygen atoms in total. The van der Waals surface area contributed by atoms with E-state index < -0.39 is 0 Å². The molecule has 1 aliphatic carbocycles. The molecule has 0 radical (unpaired) electrons. The van der Waals surface area contributed by atoms with Crippen LogP contribution in [0.3, 0.4) is 0 Å². The number of allylic oxidation sites excluding steroid dienone is 3. The lowest BCUT2D eigenvalue weighted by atomic mass is 9.87. The first-order valence-electron chi connectivity index (χ1n) is 5.17. The van der Waals surface area contributed by atoms with E-state index in [1.807, 2.05) is 12.3 Å². The average molecular weight is 188 g/mol. The van der Waals surface area contributed by atoms with E-state index in [-0.39, 0.29) is 0 Å². The largest absolute Gasteiger partial charge is 0.348 e. The number of aromatic amines is 1. The van der Waals surface area contributed by atoms with Crippen molar-refractivity contribution in [2.75, 3.05) is 0 Å². The molecule has 0 saturated heterocycles. The Hall–Kier alpha value is -1.31. The number of aromatic nitrogens is 2. The number of nitrogens with one attached hydrogen (secondary N) is 1. The van der Waals surface area contributed by atoms with E-state index in [1.54, 1.807) is 6.33 Å². The molecule has 1 unspecified atom stereocenters. The van der Waals surface area contributed by atoms with Gasteiger partial charge in [0.05, 0.1) is 6.33 Å². The first-order chi connectivity index (χ1) is 6.88. The quantitative estimate of drug-likeness (QED) is 0.776. The molecule has 1 atom stereocenters. The van der Waals surface area contributed by atoms with Gasteiger partial charge in [0, 0.05) is 11.9 Å². The number of H-pyrrole nitrogens is 1. The molecule has 1 aliphatic rings. The van der Waals surface area contributed by atoms with Crippen molar-refractivity contribution in [1.29, 1.82) is 0 Å². The summed E-state index contributed by atoms with van der Waals surface area (Å²) >= 11 is 0. The predicted molar refractivity (Wildman–Crippen MR) is 57.9 cm³/mol. The third kappa shape index (κ3) is 2.13.